The van der Waals surface area contributed by atoms with Crippen LogP contribution in [0.3, 0.4) is 0 Å². The number of ether oxygens (including phenoxy) is 1. The second-order valence-corrected chi connectivity index (χ2v) is 4.65. The van der Waals surface area contributed by atoms with Gasteiger partial charge in [0.05, 0.1) is 12.6 Å². The highest BCUT2D eigenvalue weighted by Crippen LogP contribution is 2.28. The molecule has 1 N–H and O–H groups in total. The predicted molar refractivity (Wildman–Crippen MR) is 62.4 cm³/mol. The van der Waals surface area contributed by atoms with Crippen LogP contribution < -0.4 is 5.32 Å². The SMILES string of the molecule is CCOC(=O)CN(C(=O)[C@@H]1CCCN1)C1CC1. The molecule has 2 aliphatic rings. The Morgan fingerprint density at radius 3 is 2.65 bits per heavy atom. The highest BCUT2D eigenvalue weighted by Gasteiger charge is 2.37. The van der Waals surface area contributed by atoms with E-state index < -0.39 is 0 Å². The first-order chi connectivity index (χ1) is 8.22. The highest BCUT2D eigenvalue weighted by molar-refractivity contribution is 5.86. The molecule has 17 heavy (non-hydrogen) atoms. The molecule has 0 unspecified atom stereocenters. The predicted octanol–water partition coefficient (Wildman–Crippen LogP) is 0.293. The maximum atomic E-state index is 12.2. The summed E-state index contributed by atoms with van der Waals surface area (Å²) in [5.74, 6) is -0.233. The molecule has 5 nitrogen and oxygen atoms in total. The Morgan fingerprint density at radius 1 is 1.35 bits per heavy atom. The van der Waals surface area contributed by atoms with Crippen LogP contribution >= 0.6 is 0 Å². The molecular weight excluding hydrogens is 220 g/mol. The third kappa shape index (κ3) is 3.19. The van der Waals surface area contributed by atoms with Gasteiger partial charge in [-0.15, -0.1) is 0 Å². The molecule has 1 amide bonds. The van der Waals surface area contributed by atoms with Crippen molar-refractivity contribution in [1.29, 1.82) is 0 Å². The van der Waals surface area contributed by atoms with Gasteiger partial charge in [-0.3, -0.25) is 9.59 Å². The zero-order valence-electron chi connectivity index (χ0n) is 10.3. The number of rotatable bonds is 5. The summed E-state index contributed by atoms with van der Waals surface area (Å²) in [7, 11) is 0. The Bertz CT molecular complexity index is 296. The first-order valence-electron chi connectivity index (χ1n) is 6.42. The summed E-state index contributed by atoms with van der Waals surface area (Å²) in [6.07, 6.45) is 3.94. The van der Waals surface area contributed by atoms with E-state index >= 15 is 0 Å². The molecule has 0 bridgehead atoms. The van der Waals surface area contributed by atoms with Gasteiger partial charge in [0.2, 0.25) is 5.91 Å². The van der Waals surface area contributed by atoms with Crippen molar-refractivity contribution in [2.75, 3.05) is 19.7 Å². The van der Waals surface area contributed by atoms with Crippen molar-refractivity contribution in [3.8, 4) is 0 Å². The maximum Gasteiger partial charge on any atom is 0.325 e. The summed E-state index contributed by atoms with van der Waals surface area (Å²) >= 11 is 0. The Morgan fingerprint density at radius 2 is 2.12 bits per heavy atom. The number of nitrogens with one attached hydrogen (secondary N) is 1. The van der Waals surface area contributed by atoms with E-state index in [9.17, 15) is 9.59 Å². The fourth-order valence-electron chi connectivity index (χ4n) is 2.21. The van der Waals surface area contributed by atoms with Crippen LogP contribution in [0.5, 0.6) is 0 Å². The number of carbonyl (C=O) groups excluding carboxylic acids is 2. The topological polar surface area (TPSA) is 58.6 Å². The lowest BCUT2D eigenvalue weighted by atomic mass is 10.2. The van der Waals surface area contributed by atoms with Gasteiger partial charge in [0, 0.05) is 6.04 Å². The molecule has 0 spiro atoms. The van der Waals surface area contributed by atoms with Crippen molar-refractivity contribution in [1.82, 2.24) is 10.2 Å². The smallest absolute Gasteiger partial charge is 0.325 e. The van der Waals surface area contributed by atoms with E-state index in [2.05, 4.69) is 5.32 Å². The Hall–Kier alpha value is -1.10. The molecule has 1 saturated heterocycles. The van der Waals surface area contributed by atoms with Crippen LogP contribution in [-0.4, -0.2) is 48.6 Å². The van der Waals surface area contributed by atoms with E-state index in [0.717, 1.165) is 32.2 Å². The largest absolute Gasteiger partial charge is 0.465 e. The molecule has 1 atom stereocenters. The van der Waals surface area contributed by atoms with Crippen molar-refractivity contribution in [2.45, 2.75) is 44.7 Å². The van der Waals surface area contributed by atoms with Crippen LogP contribution in [0.1, 0.15) is 32.6 Å². The van der Waals surface area contributed by atoms with Gasteiger partial charge in [0.15, 0.2) is 0 Å². The first-order valence-corrected chi connectivity index (χ1v) is 6.42. The Kier molecular flexibility index (Phi) is 3.99. The van der Waals surface area contributed by atoms with Crippen molar-refractivity contribution in [3.05, 3.63) is 0 Å². The third-order valence-corrected chi connectivity index (χ3v) is 3.23. The molecule has 1 heterocycles. The minimum Gasteiger partial charge on any atom is -0.465 e. The van der Waals surface area contributed by atoms with Gasteiger partial charge < -0.3 is 15.0 Å². The molecule has 0 aromatic carbocycles. The zero-order valence-corrected chi connectivity index (χ0v) is 10.3. The molecule has 5 heteroatoms. The molecule has 1 aliphatic carbocycles. The van der Waals surface area contributed by atoms with Gasteiger partial charge >= 0.3 is 5.97 Å². The summed E-state index contributed by atoms with van der Waals surface area (Å²) in [4.78, 5) is 25.4. The number of amides is 1. The third-order valence-electron chi connectivity index (χ3n) is 3.23. The van der Waals surface area contributed by atoms with Crippen LogP contribution in [-0.2, 0) is 14.3 Å². The fraction of sp³-hybridized carbons (Fsp3) is 0.833. The Labute approximate surface area is 101 Å². The van der Waals surface area contributed by atoms with E-state index in [4.69, 9.17) is 4.74 Å². The summed E-state index contributed by atoms with van der Waals surface area (Å²) < 4.78 is 4.91. The standard InChI is InChI=1S/C12H20N2O3/c1-2-17-11(15)8-14(9-5-6-9)12(16)10-4-3-7-13-10/h9-10,13H,2-8H2,1H3/t10-/m0/s1. The van der Waals surface area contributed by atoms with Gasteiger partial charge in [-0.25, -0.2) is 0 Å². The maximum absolute atomic E-state index is 12.2. The lowest BCUT2D eigenvalue weighted by Crippen LogP contribution is -2.47. The minimum atomic E-state index is -0.300. The number of hydrogen-bond acceptors (Lipinski definition) is 4. The molecule has 1 saturated carbocycles. The number of esters is 1. The zero-order chi connectivity index (χ0) is 12.3. The minimum absolute atomic E-state index is 0.0676. The van der Waals surface area contributed by atoms with Crippen molar-refractivity contribution < 1.29 is 14.3 Å². The number of hydrogen-bond donors (Lipinski definition) is 1. The van der Waals surface area contributed by atoms with Crippen LogP contribution in [0.15, 0.2) is 0 Å². The molecule has 1 aliphatic heterocycles. The molecule has 0 aromatic rings. The average molecular weight is 240 g/mol. The van der Waals surface area contributed by atoms with Crippen LogP contribution in [0, 0.1) is 0 Å². The summed E-state index contributed by atoms with van der Waals surface area (Å²) in [5, 5.41) is 3.18. The van der Waals surface area contributed by atoms with Crippen LogP contribution in [0.25, 0.3) is 0 Å². The second kappa shape index (κ2) is 5.49. The lowest BCUT2D eigenvalue weighted by molar-refractivity contribution is -0.149. The summed E-state index contributed by atoms with van der Waals surface area (Å²) in [6, 6.07) is 0.166. The van der Waals surface area contributed by atoms with Gasteiger partial charge in [-0.05, 0) is 39.2 Å². The number of nitrogens with zero attached hydrogens (tertiary/aromatic N) is 1. The quantitative estimate of drug-likeness (QED) is 0.702. The van der Waals surface area contributed by atoms with Crippen molar-refractivity contribution in [3.63, 3.8) is 0 Å². The van der Waals surface area contributed by atoms with E-state index in [0.29, 0.717) is 6.61 Å². The van der Waals surface area contributed by atoms with Crippen LogP contribution in [0.2, 0.25) is 0 Å². The average Bonchev–Trinajstić information content (AvgIpc) is 3.00. The van der Waals surface area contributed by atoms with Gasteiger partial charge in [0.1, 0.15) is 6.54 Å². The van der Waals surface area contributed by atoms with E-state index in [1.807, 2.05) is 0 Å². The monoisotopic (exact) mass is 240 g/mol. The summed E-state index contributed by atoms with van der Waals surface area (Å²) in [5.41, 5.74) is 0. The molecule has 2 rings (SSSR count). The molecule has 96 valence electrons. The summed E-state index contributed by atoms with van der Waals surface area (Å²) in [6.45, 7) is 3.15. The number of carbonyl (C=O) groups is 2. The van der Waals surface area contributed by atoms with Crippen LogP contribution in [0.4, 0.5) is 0 Å². The lowest BCUT2D eigenvalue weighted by Gasteiger charge is -2.24. The molecular formula is C12H20N2O3. The molecule has 0 radical (unpaired) electrons. The van der Waals surface area contributed by atoms with E-state index in [1.54, 1.807) is 11.8 Å². The Balaban J connectivity index is 1.91. The first kappa shape index (κ1) is 12.4. The van der Waals surface area contributed by atoms with E-state index in [1.165, 1.54) is 0 Å². The molecule has 2 fully saturated rings. The fourth-order valence-corrected chi connectivity index (χ4v) is 2.21. The normalized spacial score (nSPS) is 23.5. The highest BCUT2D eigenvalue weighted by atomic mass is 16.5. The molecule has 0 aromatic heterocycles. The van der Waals surface area contributed by atoms with Gasteiger partial charge in [-0.1, -0.05) is 0 Å². The second-order valence-electron chi connectivity index (χ2n) is 4.65. The van der Waals surface area contributed by atoms with E-state index in [-0.39, 0.29) is 30.5 Å². The van der Waals surface area contributed by atoms with Gasteiger partial charge in [0.25, 0.3) is 0 Å². The van der Waals surface area contributed by atoms with Crippen molar-refractivity contribution in [2.24, 2.45) is 0 Å². The van der Waals surface area contributed by atoms with Crippen molar-refractivity contribution >= 4 is 11.9 Å². The van der Waals surface area contributed by atoms with Gasteiger partial charge in [-0.2, -0.15) is 0 Å².